The zero-order valence-corrected chi connectivity index (χ0v) is 15.5. The maximum Gasteiger partial charge on any atom is 0.275 e. The van der Waals surface area contributed by atoms with Gasteiger partial charge in [0.1, 0.15) is 11.5 Å². The van der Waals surface area contributed by atoms with E-state index in [1.54, 1.807) is 6.20 Å². The van der Waals surface area contributed by atoms with E-state index in [4.69, 9.17) is 0 Å². The first kappa shape index (κ1) is 18.1. The molecule has 0 saturated heterocycles. The highest BCUT2D eigenvalue weighted by molar-refractivity contribution is 6.03. The molecule has 2 N–H and O–H groups in total. The summed E-state index contributed by atoms with van der Waals surface area (Å²) in [5.74, 6) is 0.454. The number of carbonyl (C=O) groups is 1. The second-order valence-corrected chi connectivity index (χ2v) is 6.84. The van der Waals surface area contributed by atoms with Gasteiger partial charge in [0.2, 0.25) is 0 Å². The molecule has 0 spiro atoms. The Hall–Kier alpha value is -2.69. The van der Waals surface area contributed by atoms with Crippen LogP contribution in [0.1, 0.15) is 53.7 Å². The van der Waals surface area contributed by atoms with Crippen LogP contribution in [0.15, 0.2) is 42.2 Å². The van der Waals surface area contributed by atoms with Gasteiger partial charge >= 0.3 is 0 Å². The Morgan fingerprint density at radius 1 is 1.15 bits per heavy atom. The number of hydrogen-bond donors (Lipinski definition) is 2. The van der Waals surface area contributed by atoms with Crippen LogP contribution in [0, 0.1) is 13.8 Å². The van der Waals surface area contributed by atoms with Crippen LogP contribution in [-0.4, -0.2) is 22.4 Å². The van der Waals surface area contributed by atoms with Crippen molar-refractivity contribution in [3.8, 4) is 0 Å². The van der Waals surface area contributed by atoms with Gasteiger partial charge in [-0.3, -0.25) is 4.79 Å². The van der Waals surface area contributed by atoms with Gasteiger partial charge in [0.05, 0.1) is 12.4 Å². The van der Waals surface area contributed by atoms with Crippen molar-refractivity contribution in [3.05, 3.63) is 59.1 Å². The van der Waals surface area contributed by atoms with Crippen molar-refractivity contribution < 1.29 is 4.79 Å². The lowest BCUT2D eigenvalue weighted by atomic mass is 9.97. The number of benzene rings is 1. The maximum absolute atomic E-state index is 12.4. The number of nitrogens with one attached hydrogen (secondary N) is 2. The van der Waals surface area contributed by atoms with Crippen molar-refractivity contribution in [1.29, 1.82) is 0 Å². The van der Waals surface area contributed by atoms with E-state index < -0.39 is 0 Å². The summed E-state index contributed by atoms with van der Waals surface area (Å²) < 4.78 is 0. The number of rotatable bonds is 6. The van der Waals surface area contributed by atoms with Gasteiger partial charge in [0.15, 0.2) is 0 Å². The minimum Gasteiger partial charge on any atom is -0.368 e. The molecular weight excluding hydrogens is 324 g/mol. The van der Waals surface area contributed by atoms with Gasteiger partial charge in [-0.2, -0.15) is 0 Å². The predicted octanol–water partition coefficient (Wildman–Crippen LogP) is 4.65. The topological polar surface area (TPSA) is 66.9 Å². The Morgan fingerprint density at radius 2 is 2.04 bits per heavy atom. The maximum atomic E-state index is 12.4. The molecule has 26 heavy (non-hydrogen) atoms. The predicted molar refractivity (Wildman–Crippen MR) is 106 cm³/mol. The third-order valence-electron chi connectivity index (χ3n) is 4.66. The zero-order chi connectivity index (χ0) is 18.4. The van der Waals surface area contributed by atoms with Crippen LogP contribution in [0.5, 0.6) is 0 Å². The van der Waals surface area contributed by atoms with Crippen LogP contribution in [0.4, 0.5) is 11.5 Å². The fourth-order valence-electron chi connectivity index (χ4n) is 3.08. The molecule has 0 atom stereocenters. The molecule has 1 aromatic carbocycles. The standard InChI is InChI=1S/C21H26N4O/c1-15-8-9-16(2)18(12-15)25-21(26)19-13-24-20(14-23-19)22-11-10-17-6-4-3-5-7-17/h6,8-9,12-14H,3-5,7,10-11H2,1-2H3,(H,22,24)(H,25,26). The minimum absolute atomic E-state index is 0.245. The van der Waals surface area contributed by atoms with Crippen molar-refractivity contribution in [2.24, 2.45) is 0 Å². The number of amides is 1. The summed E-state index contributed by atoms with van der Waals surface area (Å²) in [6.07, 6.45) is 11.6. The summed E-state index contributed by atoms with van der Waals surface area (Å²) in [4.78, 5) is 20.9. The van der Waals surface area contributed by atoms with Crippen LogP contribution >= 0.6 is 0 Å². The summed E-state index contributed by atoms with van der Waals surface area (Å²) in [7, 11) is 0. The lowest BCUT2D eigenvalue weighted by Gasteiger charge is -2.13. The van der Waals surface area contributed by atoms with Gasteiger partial charge in [-0.25, -0.2) is 9.97 Å². The molecule has 0 saturated carbocycles. The molecule has 0 fully saturated rings. The van der Waals surface area contributed by atoms with E-state index in [1.807, 2.05) is 32.0 Å². The highest BCUT2D eigenvalue weighted by atomic mass is 16.1. The van der Waals surface area contributed by atoms with Gasteiger partial charge in [0, 0.05) is 12.2 Å². The average Bonchev–Trinajstić information content (AvgIpc) is 2.66. The van der Waals surface area contributed by atoms with Crippen molar-refractivity contribution in [3.63, 3.8) is 0 Å². The van der Waals surface area contributed by atoms with Gasteiger partial charge in [-0.1, -0.05) is 23.8 Å². The van der Waals surface area contributed by atoms with Gasteiger partial charge < -0.3 is 10.6 Å². The third kappa shape index (κ3) is 4.91. The molecule has 0 radical (unpaired) electrons. The van der Waals surface area contributed by atoms with Gasteiger partial charge in [-0.15, -0.1) is 0 Å². The molecule has 5 nitrogen and oxygen atoms in total. The van der Waals surface area contributed by atoms with E-state index in [-0.39, 0.29) is 5.91 Å². The van der Waals surface area contributed by atoms with E-state index >= 15 is 0 Å². The lowest BCUT2D eigenvalue weighted by molar-refractivity contribution is 0.102. The average molecular weight is 350 g/mol. The first-order valence-corrected chi connectivity index (χ1v) is 9.24. The molecule has 3 rings (SSSR count). The summed E-state index contributed by atoms with van der Waals surface area (Å²) in [5, 5.41) is 6.18. The first-order valence-electron chi connectivity index (χ1n) is 9.24. The van der Waals surface area contributed by atoms with Gasteiger partial charge in [-0.05, 0) is 63.1 Å². The fourth-order valence-corrected chi connectivity index (χ4v) is 3.08. The molecular formula is C21H26N4O. The Kier molecular flexibility index (Phi) is 6.00. The highest BCUT2D eigenvalue weighted by Crippen LogP contribution is 2.20. The van der Waals surface area contributed by atoms with Crippen molar-refractivity contribution in [2.45, 2.75) is 46.0 Å². The van der Waals surface area contributed by atoms with Gasteiger partial charge in [0.25, 0.3) is 5.91 Å². The Morgan fingerprint density at radius 3 is 2.77 bits per heavy atom. The largest absolute Gasteiger partial charge is 0.368 e. The molecule has 0 unspecified atom stereocenters. The number of nitrogens with zero attached hydrogens (tertiary/aromatic N) is 2. The second kappa shape index (κ2) is 8.61. The van der Waals surface area contributed by atoms with Crippen molar-refractivity contribution in [1.82, 2.24) is 9.97 Å². The monoisotopic (exact) mass is 350 g/mol. The van der Waals surface area contributed by atoms with Crippen LogP contribution < -0.4 is 10.6 Å². The summed E-state index contributed by atoms with van der Waals surface area (Å²) in [5.41, 5.74) is 4.77. The van der Waals surface area contributed by atoms with Crippen molar-refractivity contribution in [2.75, 3.05) is 17.2 Å². The van der Waals surface area contributed by atoms with Crippen LogP contribution in [-0.2, 0) is 0 Å². The smallest absolute Gasteiger partial charge is 0.275 e. The van der Waals surface area contributed by atoms with E-state index in [1.165, 1.54) is 37.5 Å². The molecule has 0 aliphatic heterocycles. The lowest BCUT2D eigenvalue weighted by Crippen LogP contribution is -2.15. The molecule has 136 valence electrons. The van der Waals surface area contributed by atoms with E-state index in [2.05, 4.69) is 26.7 Å². The number of hydrogen-bond acceptors (Lipinski definition) is 4. The summed E-state index contributed by atoms with van der Waals surface area (Å²) in [6, 6.07) is 5.97. The molecule has 5 heteroatoms. The molecule has 0 bridgehead atoms. The molecule has 1 heterocycles. The Labute approximate surface area is 155 Å². The van der Waals surface area contributed by atoms with E-state index in [0.717, 1.165) is 29.8 Å². The molecule has 1 amide bonds. The summed E-state index contributed by atoms with van der Waals surface area (Å²) in [6.45, 7) is 4.81. The quantitative estimate of drug-likeness (QED) is 0.744. The number of allylic oxidation sites excluding steroid dienone is 1. The molecule has 1 aliphatic carbocycles. The third-order valence-corrected chi connectivity index (χ3v) is 4.66. The molecule has 1 aromatic heterocycles. The SMILES string of the molecule is Cc1ccc(C)c(NC(=O)c2cnc(NCCC3=CCCCC3)cn2)c1. The zero-order valence-electron chi connectivity index (χ0n) is 15.5. The van der Waals surface area contributed by atoms with E-state index in [9.17, 15) is 4.79 Å². The number of carbonyl (C=O) groups excluding carboxylic acids is 1. The molecule has 1 aliphatic rings. The number of anilines is 2. The number of aromatic nitrogens is 2. The van der Waals surface area contributed by atoms with Crippen LogP contribution in [0.2, 0.25) is 0 Å². The number of aryl methyl sites for hydroxylation is 2. The second-order valence-electron chi connectivity index (χ2n) is 6.84. The van der Waals surface area contributed by atoms with Crippen LogP contribution in [0.3, 0.4) is 0 Å². The fraction of sp³-hybridized carbons (Fsp3) is 0.381. The van der Waals surface area contributed by atoms with Crippen molar-refractivity contribution >= 4 is 17.4 Å². The highest BCUT2D eigenvalue weighted by Gasteiger charge is 2.10. The van der Waals surface area contributed by atoms with E-state index in [0.29, 0.717) is 11.5 Å². The first-order chi connectivity index (χ1) is 12.6. The summed E-state index contributed by atoms with van der Waals surface area (Å²) >= 11 is 0. The minimum atomic E-state index is -0.245. The normalized spacial score (nSPS) is 13.8. The Balaban J connectivity index is 1.54. The Bertz CT molecular complexity index is 796. The van der Waals surface area contributed by atoms with Crippen LogP contribution in [0.25, 0.3) is 0 Å². The molecule has 2 aromatic rings.